The first-order valence-corrected chi connectivity index (χ1v) is 8.93. The zero-order chi connectivity index (χ0) is 17.0. The fraction of sp³-hybridized carbons (Fsp3) is 0.500. The van der Waals surface area contributed by atoms with Gasteiger partial charge in [-0.2, -0.15) is 11.8 Å². The number of aliphatic carboxylic acids is 1. The summed E-state index contributed by atoms with van der Waals surface area (Å²) in [4.78, 5) is 23.9. The number of carbonyl (C=O) groups excluding carboxylic acids is 1. The standard InChI is InChI=1S/C16H20ClNO4S/c1-10-9-12(3-4-13(10)17)22-11(2)14(19)18-16(15(20)21)5-7-23-8-6-16/h3-4,9,11H,5-8H2,1-2H3,(H,18,19)(H,20,21). The first kappa shape index (κ1) is 17.9. The smallest absolute Gasteiger partial charge is 0.329 e. The predicted octanol–water partition coefficient (Wildman–Crippen LogP) is 2.88. The van der Waals surface area contributed by atoms with Crippen molar-refractivity contribution in [1.29, 1.82) is 0 Å². The first-order valence-electron chi connectivity index (χ1n) is 7.40. The van der Waals surface area contributed by atoms with Crippen LogP contribution in [-0.4, -0.2) is 40.1 Å². The van der Waals surface area contributed by atoms with Gasteiger partial charge in [-0.3, -0.25) is 4.79 Å². The molecule has 1 amide bonds. The molecule has 0 saturated carbocycles. The quantitative estimate of drug-likeness (QED) is 0.847. The summed E-state index contributed by atoms with van der Waals surface area (Å²) in [6.45, 7) is 3.45. The van der Waals surface area contributed by atoms with E-state index in [1.54, 1.807) is 36.9 Å². The number of carboxylic acids is 1. The lowest BCUT2D eigenvalue weighted by Gasteiger charge is -2.34. The van der Waals surface area contributed by atoms with E-state index in [1.165, 1.54) is 0 Å². The maximum Gasteiger partial charge on any atom is 0.329 e. The summed E-state index contributed by atoms with van der Waals surface area (Å²) >= 11 is 7.66. The van der Waals surface area contributed by atoms with Crippen molar-refractivity contribution in [2.45, 2.75) is 38.3 Å². The second kappa shape index (κ2) is 7.45. The molecule has 1 aliphatic heterocycles. The van der Waals surface area contributed by atoms with Gasteiger partial charge in [-0.1, -0.05) is 11.6 Å². The van der Waals surface area contributed by atoms with E-state index in [0.29, 0.717) is 23.6 Å². The molecule has 1 fully saturated rings. The van der Waals surface area contributed by atoms with Gasteiger partial charge in [0.2, 0.25) is 0 Å². The van der Waals surface area contributed by atoms with Crippen LogP contribution < -0.4 is 10.1 Å². The minimum Gasteiger partial charge on any atom is -0.481 e. The van der Waals surface area contributed by atoms with E-state index >= 15 is 0 Å². The Hall–Kier alpha value is -1.40. The lowest BCUT2D eigenvalue weighted by atomic mass is 9.92. The Labute approximate surface area is 144 Å². The second-order valence-corrected chi connectivity index (χ2v) is 7.29. The summed E-state index contributed by atoms with van der Waals surface area (Å²) in [5.41, 5.74) is -0.335. The van der Waals surface area contributed by atoms with Gasteiger partial charge in [0, 0.05) is 5.02 Å². The molecule has 0 aliphatic carbocycles. The van der Waals surface area contributed by atoms with Crippen molar-refractivity contribution in [3.63, 3.8) is 0 Å². The van der Waals surface area contributed by atoms with Crippen molar-refractivity contribution < 1.29 is 19.4 Å². The Balaban J connectivity index is 2.03. The monoisotopic (exact) mass is 357 g/mol. The predicted molar refractivity (Wildman–Crippen MR) is 91.3 cm³/mol. The minimum absolute atomic E-state index is 0.422. The fourth-order valence-electron chi connectivity index (χ4n) is 2.40. The minimum atomic E-state index is -1.18. The van der Waals surface area contributed by atoms with Crippen molar-refractivity contribution in [2.24, 2.45) is 0 Å². The molecule has 0 radical (unpaired) electrons. The van der Waals surface area contributed by atoms with E-state index in [2.05, 4.69) is 5.32 Å². The van der Waals surface area contributed by atoms with Crippen LogP contribution in [0.5, 0.6) is 5.75 Å². The molecular weight excluding hydrogens is 338 g/mol. The Kier molecular flexibility index (Phi) is 5.81. The number of carboxylic acid groups (broad SMARTS) is 1. The summed E-state index contributed by atoms with van der Waals surface area (Å²) in [6.07, 6.45) is 0.0539. The number of aryl methyl sites for hydroxylation is 1. The normalized spacial score (nSPS) is 18.0. The summed E-state index contributed by atoms with van der Waals surface area (Å²) in [6, 6.07) is 5.13. The van der Waals surface area contributed by atoms with E-state index < -0.39 is 23.5 Å². The number of ether oxygens (including phenoxy) is 1. The lowest BCUT2D eigenvalue weighted by Crippen LogP contribution is -2.58. The van der Waals surface area contributed by atoms with E-state index in [0.717, 1.165) is 17.1 Å². The number of nitrogens with one attached hydrogen (secondary N) is 1. The van der Waals surface area contributed by atoms with Gasteiger partial charge in [0.25, 0.3) is 5.91 Å². The van der Waals surface area contributed by atoms with Crippen LogP contribution in [0.3, 0.4) is 0 Å². The van der Waals surface area contributed by atoms with E-state index in [-0.39, 0.29) is 0 Å². The molecule has 5 nitrogen and oxygen atoms in total. The number of carbonyl (C=O) groups is 2. The summed E-state index contributed by atoms with van der Waals surface area (Å²) < 4.78 is 5.61. The van der Waals surface area contributed by atoms with Crippen molar-refractivity contribution in [3.05, 3.63) is 28.8 Å². The fourth-order valence-corrected chi connectivity index (χ4v) is 3.71. The van der Waals surface area contributed by atoms with Gasteiger partial charge in [0.15, 0.2) is 6.10 Å². The highest BCUT2D eigenvalue weighted by molar-refractivity contribution is 7.99. The third-order valence-electron chi connectivity index (χ3n) is 3.93. The van der Waals surface area contributed by atoms with Gasteiger partial charge < -0.3 is 15.2 Å². The molecule has 7 heteroatoms. The molecule has 126 valence electrons. The molecule has 23 heavy (non-hydrogen) atoms. The van der Waals surface area contributed by atoms with Crippen LogP contribution in [0.25, 0.3) is 0 Å². The Morgan fingerprint density at radius 1 is 1.39 bits per heavy atom. The number of hydrogen-bond acceptors (Lipinski definition) is 4. The maximum atomic E-state index is 12.3. The molecule has 0 bridgehead atoms. The summed E-state index contributed by atoms with van der Waals surface area (Å²) in [5, 5.41) is 12.8. The summed E-state index contributed by atoms with van der Waals surface area (Å²) in [5.74, 6) is 0.557. The highest BCUT2D eigenvalue weighted by Crippen LogP contribution is 2.28. The van der Waals surface area contributed by atoms with Crippen LogP contribution in [0.4, 0.5) is 0 Å². The van der Waals surface area contributed by atoms with Gasteiger partial charge in [0.1, 0.15) is 11.3 Å². The second-order valence-electron chi connectivity index (χ2n) is 5.66. The number of rotatable bonds is 5. The Bertz CT molecular complexity index is 602. The van der Waals surface area contributed by atoms with Crippen LogP contribution in [0, 0.1) is 6.92 Å². The van der Waals surface area contributed by atoms with Crippen LogP contribution >= 0.6 is 23.4 Å². The first-order chi connectivity index (χ1) is 10.8. The molecule has 1 heterocycles. The Morgan fingerprint density at radius 3 is 2.61 bits per heavy atom. The summed E-state index contributed by atoms with van der Waals surface area (Å²) in [7, 11) is 0. The molecule has 2 rings (SSSR count). The zero-order valence-corrected chi connectivity index (χ0v) is 14.7. The molecule has 0 aromatic heterocycles. The molecule has 1 saturated heterocycles. The SMILES string of the molecule is Cc1cc(OC(C)C(=O)NC2(C(=O)O)CCSCC2)ccc1Cl. The van der Waals surface area contributed by atoms with Crippen molar-refractivity contribution in [2.75, 3.05) is 11.5 Å². The molecule has 1 unspecified atom stereocenters. The van der Waals surface area contributed by atoms with Crippen molar-refractivity contribution in [1.82, 2.24) is 5.32 Å². The topological polar surface area (TPSA) is 75.6 Å². The number of thioether (sulfide) groups is 1. The van der Waals surface area contributed by atoms with Gasteiger partial charge >= 0.3 is 5.97 Å². The molecule has 1 aromatic rings. The average Bonchev–Trinajstić information content (AvgIpc) is 2.51. The molecule has 0 spiro atoms. The van der Waals surface area contributed by atoms with Crippen LogP contribution in [-0.2, 0) is 9.59 Å². The van der Waals surface area contributed by atoms with Crippen LogP contribution in [0.1, 0.15) is 25.3 Å². The van der Waals surface area contributed by atoms with Crippen molar-refractivity contribution in [3.8, 4) is 5.75 Å². The molecule has 2 N–H and O–H groups in total. The third kappa shape index (κ3) is 4.32. The van der Waals surface area contributed by atoms with Gasteiger partial charge in [-0.05, 0) is 62.0 Å². The lowest BCUT2D eigenvalue weighted by molar-refractivity contribution is -0.149. The number of amides is 1. The molecule has 1 atom stereocenters. The van der Waals surface area contributed by atoms with E-state index in [4.69, 9.17) is 16.3 Å². The highest BCUT2D eigenvalue weighted by atomic mass is 35.5. The molecule has 1 aromatic carbocycles. The average molecular weight is 358 g/mol. The zero-order valence-electron chi connectivity index (χ0n) is 13.1. The molecule has 1 aliphatic rings. The third-order valence-corrected chi connectivity index (χ3v) is 5.34. The van der Waals surface area contributed by atoms with Crippen LogP contribution in [0.15, 0.2) is 18.2 Å². The molecular formula is C16H20ClNO4S. The van der Waals surface area contributed by atoms with Crippen LogP contribution in [0.2, 0.25) is 5.02 Å². The van der Waals surface area contributed by atoms with Gasteiger partial charge in [-0.25, -0.2) is 4.79 Å². The Morgan fingerprint density at radius 2 is 2.04 bits per heavy atom. The van der Waals surface area contributed by atoms with Gasteiger partial charge in [0.05, 0.1) is 0 Å². The van der Waals surface area contributed by atoms with E-state index in [1.807, 2.05) is 6.92 Å². The maximum absolute atomic E-state index is 12.3. The number of hydrogen-bond donors (Lipinski definition) is 2. The highest BCUT2D eigenvalue weighted by Gasteiger charge is 2.42. The van der Waals surface area contributed by atoms with Crippen molar-refractivity contribution >= 4 is 35.2 Å². The number of halogens is 1. The van der Waals surface area contributed by atoms with Gasteiger partial charge in [-0.15, -0.1) is 0 Å². The largest absolute Gasteiger partial charge is 0.481 e. The van der Waals surface area contributed by atoms with E-state index in [9.17, 15) is 14.7 Å². The number of benzene rings is 1.